The summed E-state index contributed by atoms with van der Waals surface area (Å²) in [5.74, 6) is 0.407. The fraction of sp³-hybridized carbons (Fsp3) is 0.571. The Balaban J connectivity index is 1.48. The van der Waals surface area contributed by atoms with Crippen molar-refractivity contribution in [2.24, 2.45) is 10.9 Å². The van der Waals surface area contributed by atoms with Crippen molar-refractivity contribution >= 4 is 54.9 Å². The summed E-state index contributed by atoms with van der Waals surface area (Å²) < 4.78 is 28.0. The maximum absolute atomic E-state index is 13.2. The van der Waals surface area contributed by atoms with Crippen molar-refractivity contribution in [2.45, 2.75) is 55.2 Å². The van der Waals surface area contributed by atoms with E-state index in [9.17, 15) is 18.0 Å². The quantitative estimate of drug-likeness (QED) is 0.596. The number of hydrogen-bond donors (Lipinski definition) is 1. The Kier molecular flexibility index (Phi) is 7.48. The van der Waals surface area contributed by atoms with Crippen molar-refractivity contribution in [1.29, 1.82) is 0 Å². The Bertz CT molecular complexity index is 1030. The lowest BCUT2D eigenvalue weighted by Crippen LogP contribution is -2.59. The molecule has 0 bridgehead atoms. The average molecular weight is 544 g/mol. The van der Waals surface area contributed by atoms with Gasteiger partial charge >= 0.3 is 0 Å². The third-order valence-electron chi connectivity index (χ3n) is 6.24. The van der Waals surface area contributed by atoms with E-state index >= 15 is 0 Å². The standard InChI is InChI=1S/C21H27BrN4O4S2/c22-17-8-9-20(31-17)32(29,30)25-11-12-26(19(27)14-25)16(13-15-5-2-1-3-6-15)21(28)24-18-7-4-10-23-18/h4,8-10,15-16H,1-3,5-7,11-14H2,(H,23,24,28)/t16-/m0/s1. The van der Waals surface area contributed by atoms with E-state index in [0.29, 0.717) is 24.6 Å². The minimum Gasteiger partial charge on any atom is -0.328 e. The summed E-state index contributed by atoms with van der Waals surface area (Å²) in [6.07, 6.45) is 10.3. The first-order valence-electron chi connectivity index (χ1n) is 10.9. The summed E-state index contributed by atoms with van der Waals surface area (Å²) in [5.41, 5.74) is 0. The maximum atomic E-state index is 13.2. The molecule has 0 radical (unpaired) electrons. The van der Waals surface area contributed by atoms with Gasteiger partial charge in [0.25, 0.3) is 10.0 Å². The summed E-state index contributed by atoms with van der Waals surface area (Å²) in [4.78, 5) is 32.0. The lowest BCUT2D eigenvalue weighted by atomic mass is 9.84. The average Bonchev–Trinajstić information content (AvgIpc) is 3.45. The molecular formula is C21H27BrN4O4S2. The Hall–Kier alpha value is -1.56. The number of aliphatic imine (C=N–C) groups is 1. The molecule has 1 saturated heterocycles. The van der Waals surface area contributed by atoms with E-state index in [0.717, 1.165) is 40.8 Å². The summed E-state index contributed by atoms with van der Waals surface area (Å²) in [7, 11) is -3.74. The summed E-state index contributed by atoms with van der Waals surface area (Å²) in [6.45, 7) is 0.107. The van der Waals surface area contributed by atoms with Gasteiger partial charge in [0.1, 0.15) is 16.1 Å². The van der Waals surface area contributed by atoms with Crippen LogP contribution in [0.4, 0.5) is 0 Å². The van der Waals surface area contributed by atoms with Crippen LogP contribution in [0.5, 0.6) is 0 Å². The van der Waals surface area contributed by atoms with Crippen LogP contribution in [0.15, 0.2) is 37.4 Å². The van der Waals surface area contributed by atoms with E-state index in [-0.39, 0.29) is 35.7 Å². The molecule has 174 valence electrons. The van der Waals surface area contributed by atoms with Crippen LogP contribution in [0.25, 0.3) is 0 Å². The first-order valence-corrected chi connectivity index (χ1v) is 14.0. The number of nitrogens with zero attached hydrogens (tertiary/aromatic N) is 3. The number of amides is 2. The lowest BCUT2D eigenvalue weighted by molar-refractivity contribution is -0.143. The summed E-state index contributed by atoms with van der Waals surface area (Å²) in [5, 5.41) is 2.88. The second-order valence-corrected chi connectivity index (χ2v) is 13.0. The second-order valence-electron chi connectivity index (χ2n) is 8.39. The molecule has 11 heteroatoms. The molecule has 32 heavy (non-hydrogen) atoms. The fourth-order valence-corrected chi connectivity index (χ4v) is 8.09. The predicted octanol–water partition coefficient (Wildman–Crippen LogP) is 3.11. The Morgan fingerprint density at radius 2 is 2.03 bits per heavy atom. The van der Waals surface area contributed by atoms with Gasteiger partial charge in [0, 0.05) is 25.7 Å². The third kappa shape index (κ3) is 5.32. The second kappa shape index (κ2) is 10.1. The van der Waals surface area contributed by atoms with Crippen molar-refractivity contribution in [3.05, 3.63) is 28.2 Å². The van der Waals surface area contributed by atoms with Crippen LogP contribution in [0.1, 0.15) is 44.9 Å². The number of thiophene rings is 1. The predicted molar refractivity (Wildman–Crippen MR) is 127 cm³/mol. The van der Waals surface area contributed by atoms with Gasteiger partial charge in [-0.3, -0.25) is 9.59 Å². The Morgan fingerprint density at radius 3 is 2.66 bits per heavy atom. The molecule has 1 aromatic heterocycles. The molecule has 1 aromatic rings. The highest BCUT2D eigenvalue weighted by Crippen LogP contribution is 2.31. The van der Waals surface area contributed by atoms with Gasteiger partial charge in [0.15, 0.2) is 0 Å². The van der Waals surface area contributed by atoms with Crippen LogP contribution >= 0.6 is 27.3 Å². The molecule has 0 aromatic carbocycles. The number of sulfonamides is 1. The highest BCUT2D eigenvalue weighted by molar-refractivity contribution is 9.11. The van der Waals surface area contributed by atoms with Crippen molar-refractivity contribution in [3.63, 3.8) is 0 Å². The molecule has 8 nitrogen and oxygen atoms in total. The normalized spacial score (nSPS) is 21.6. The number of amidine groups is 1. The lowest BCUT2D eigenvalue weighted by Gasteiger charge is -2.39. The van der Waals surface area contributed by atoms with Gasteiger partial charge in [0.2, 0.25) is 11.8 Å². The number of carbonyl (C=O) groups is 2. The third-order valence-corrected chi connectivity index (χ3v) is 10.2. The van der Waals surface area contributed by atoms with Gasteiger partial charge in [-0.2, -0.15) is 4.31 Å². The molecule has 2 fully saturated rings. The van der Waals surface area contributed by atoms with E-state index in [2.05, 4.69) is 26.2 Å². The first kappa shape index (κ1) is 23.6. The van der Waals surface area contributed by atoms with Crippen LogP contribution in [0.2, 0.25) is 0 Å². The van der Waals surface area contributed by atoms with Crippen molar-refractivity contribution in [2.75, 3.05) is 19.6 Å². The largest absolute Gasteiger partial charge is 0.328 e. The van der Waals surface area contributed by atoms with Gasteiger partial charge in [0.05, 0.1) is 10.3 Å². The van der Waals surface area contributed by atoms with Gasteiger partial charge in [-0.1, -0.05) is 38.2 Å². The summed E-state index contributed by atoms with van der Waals surface area (Å²) in [6, 6.07) is 2.60. The molecule has 2 aliphatic heterocycles. The maximum Gasteiger partial charge on any atom is 0.253 e. The zero-order chi connectivity index (χ0) is 22.7. The zero-order valence-corrected chi connectivity index (χ0v) is 20.9. The topological polar surface area (TPSA) is 99.2 Å². The Labute approximate surface area is 200 Å². The monoisotopic (exact) mass is 542 g/mol. The molecule has 2 amide bonds. The molecule has 3 aliphatic rings. The SMILES string of the molecule is O=C(NC1=NC=CC1)[C@H](CC1CCCCC1)N1CCN(S(=O)(=O)c2ccc(Br)s2)CC1=O. The molecular weight excluding hydrogens is 516 g/mol. The molecule has 1 atom stereocenters. The van der Waals surface area contributed by atoms with Gasteiger partial charge in [-0.05, 0) is 40.4 Å². The minimum absolute atomic E-state index is 0.167. The highest BCUT2D eigenvalue weighted by Gasteiger charge is 2.39. The molecule has 1 aliphatic carbocycles. The van der Waals surface area contributed by atoms with Gasteiger partial charge in [-0.25, -0.2) is 13.4 Å². The van der Waals surface area contributed by atoms with Crippen LogP contribution in [0.3, 0.4) is 0 Å². The van der Waals surface area contributed by atoms with Crippen LogP contribution < -0.4 is 5.32 Å². The molecule has 4 rings (SSSR count). The van der Waals surface area contributed by atoms with Crippen molar-refractivity contribution in [3.8, 4) is 0 Å². The molecule has 3 heterocycles. The van der Waals surface area contributed by atoms with E-state index < -0.39 is 16.1 Å². The minimum atomic E-state index is -3.74. The molecule has 1 N–H and O–H groups in total. The van der Waals surface area contributed by atoms with E-state index in [1.807, 2.05) is 6.08 Å². The molecule has 0 unspecified atom stereocenters. The summed E-state index contributed by atoms with van der Waals surface area (Å²) >= 11 is 4.41. The zero-order valence-electron chi connectivity index (χ0n) is 17.7. The Morgan fingerprint density at radius 1 is 1.25 bits per heavy atom. The number of carbonyl (C=O) groups excluding carboxylic acids is 2. The molecule has 1 saturated carbocycles. The fourth-order valence-electron chi connectivity index (χ4n) is 4.55. The van der Waals surface area contributed by atoms with E-state index in [4.69, 9.17) is 0 Å². The number of piperazine rings is 1. The number of nitrogens with one attached hydrogen (secondary N) is 1. The van der Waals surface area contributed by atoms with Crippen LogP contribution in [0, 0.1) is 5.92 Å². The van der Waals surface area contributed by atoms with Gasteiger partial charge in [-0.15, -0.1) is 11.3 Å². The first-order chi connectivity index (χ1) is 15.3. The number of hydrogen-bond acceptors (Lipinski definition) is 6. The van der Waals surface area contributed by atoms with E-state index in [1.165, 1.54) is 16.8 Å². The van der Waals surface area contributed by atoms with Crippen LogP contribution in [-0.4, -0.2) is 60.9 Å². The van der Waals surface area contributed by atoms with Crippen molar-refractivity contribution in [1.82, 2.24) is 14.5 Å². The smallest absolute Gasteiger partial charge is 0.253 e. The number of rotatable bonds is 6. The highest BCUT2D eigenvalue weighted by atomic mass is 79.9. The molecule has 0 spiro atoms. The van der Waals surface area contributed by atoms with Gasteiger partial charge < -0.3 is 10.2 Å². The van der Waals surface area contributed by atoms with Crippen LogP contribution in [-0.2, 0) is 19.6 Å². The van der Waals surface area contributed by atoms with Crippen molar-refractivity contribution < 1.29 is 18.0 Å². The number of halogens is 1. The van der Waals surface area contributed by atoms with E-state index in [1.54, 1.807) is 17.2 Å².